The molecule has 0 spiro atoms. The highest BCUT2D eigenvalue weighted by molar-refractivity contribution is 5.47. The monoisotopic (exact) mass is 242 g/mol. The average Bonchev–Trinajstić information content (AvgIpc) is 3.09. The van der Waals surface area contributed by atoms with E-state index in [4.69, 9.17) is 5.26 Å². The van der Waals surface area contributed by atoms with Crippen molar-refractivity contribution in [2.75, 3.05) is 18.0 Å². The van der Waals surface area contributed by atoms with Crippen molar-refractivity contribution in [1.29, 1.82) is 5.26 Å². The minimum absolute atomic E-state index is 0.550. The van der Waals surface area contributed by atoms with Gasteiger partial charge in [0.1, 0.15) is 5.82 Å². The highest BCUT2D eigenvalue weighted by Crippen LogP contribution is 2.29. The van der Waals surface area contributed by atoms with Crippen molar-refractivity contribution in [3.05, 3.63) is 23.9 Å². The van der Waals surface area contributed by atoms with Gasteiger partial charge in [-0.15, -0.1) is 0 Å². The second-order valence-corrected chi connectivity index (χ2v) is 5.12. The van der Waals surface area contributed by atoms with Gasteiger partial charge in [-0.25, -0.2) is 4.98 Å². The molecule has 4 nitrogen and oxygen atoms in total. The van der Waals surface area contributed by atoms with E-state index in [1.165, 1.54) is 25.7 Å². The van der Waals surface area contributed by atoms with E-state index < -0.39 is 0 Å². The molecule has 2 unspecified atom stereocenters. The fraction of sp³-hybridized carbons (Fsp3) is 0.571. The van der Waals surface area contributed by atoms with Gasteiger partial charge >= 0.3 is 0 Å². The fourth-order valence-corrected chi connectivity index (χ4v) is 3.18. The molecule has 0 aromatic carbocycles. The second kappa shape index (κ2) is 4.95. The highest BCUT2D eigenvalue weighted by atomic mass is 15.3. The number of hydrogen-bond acceptors (Lipinski definition) is 4. The summed E-state index contributed by atoms with van der Waals surface area (Å²) in [6.45, 7) is 2.20. The molecule has 2 saturated heterocycles. The maximum absolute atomic E-state index is 8.97. The van der Waals surface area contributed by atoms with Crippen LogP contribution in [0.25, 0.3) is 0 Å². The Kier molecular flexibility index (Phi) is 3.16. The van der Waals surface area contributed by atoms with Gasteiger partial charge in [0.05, 0.1) is 11.6 Å². The van der Waals surface area contributed by atoms with Crippen molar-refractivity contribution >= 4 is 5.82 Å². The Labute approximate surface area is 108 Å². The van der Waals surface area contributed by atoms with E-state index in [1.54, 1.807) is 12.3 Å². The minimum atomic E-state index is 0.550. The maximum Gasteiger partial charge on any atom is 0.130 e. The van der Waals surface area contributed by atoms with Crippen LogP contribution in [0, 0.1) is 11.3 Å². The lowest BCUT2D eigenvalue weighted by atomic mass is 10.0. The van der Waals surface area contributed by atoms with Crippen molar-refractivity contribution in [3.8, 4) is 6.07 Å². The largest absolute Gasteiger partial charge is 0.352 e. The van der Waals surface area contributed by atoms with E-state index in [2.05, 4.69) is 21.3 Å². The third-order valence-corrected chi connectivity index (χ3v) is 4.03. The first-order valence-electron chi connectivity index (χ1n) is 6.74. The third kappa shape index (κ3) is 2.06. The molecule has 0 radical (unpaired) electrons. The molecule has 1 aromatic rings. The lowest BCUT2D eigenvalue weighted by Gasteiger charge is -2.30. The summed E-state index contributed by atoms with van der Waals surface area (Å²) in [5.41, 5.74) is 0.699. The van der Waals surface area contributed by atoms with E-state index >= 15 is 0 Å². The van der Waals surface area contributed by atoms with Crippen LogP contribution in [0.4, 0.5) is 5.82 Å². The molecule has 0 aliphatic carbocycles. The lowest BCUT2D eigenvalue weighted by Crippen LogP contribution is -2.44. The molecule has 1 aromatic heterocycles. The molecule has 4 heteroatoms. The Balaban J connectivity index is 1.83. The van der Waals surface area contributed by atoms with Crippen LogP contribution in [-0.4, -0.2) is 30.2 Å². The smallest absolute Gasteiger partial charge is 0.130 e. The van der Waals surface area contributed by atoms with Crippen molar-refractivity contribution in [2.45, 2.75) is 37.8 Å². The summed E-state index contributed by atoms with van der Waals surface area (Å²) in [5.74, 6) is 0.963. The van der Waals surface area contributed by atoms with Gasteiger partial charge in [-0.3, -0.25) is 0 Å². The number of nitriles is 1. The van der Waals surface area contributed by atoms with Crippen LogP contribution >= 0.6 is 0 Å². The molecule has 3 rings (SSSR count). The summed E-state index contributed by atoms with van der Waals surface area (Å²) in [6.07, 6.45) is 6.74. The van der Waals surface area contributed by atoms with Gasteiger partial charge in [0, 0.05) is 24.8 Å². The number of hydrogen-bond donors (Lipinski definition) is 1. The molecule has 94 valence electrons. The Morgan fingerprint density at radius 2 is 2.33 bits per heavy atom. The van der Waals surface area contributed by atoms with E-state index in [-0.39, 0.29) is 0 Å². The first kappa shape index (κ1) is 11.5. The Hall–Kier alpha value is -1.60. The Bertz CT molecular complexity index is 459. The zero-order valence-electron chi connectivity index (χ0n) is 10.5. The Morgan fingerprint density at radius 3 is 3.11 bits per heavy atom. The van der Waals surface area contributed by atoms with Crippen LogP contribution in [0.2, 0.25) is 0 Å². The first-order chi connectivity index (χ1) is 8.88. The lowest BCUT2D eigenvalue weighted by molar-refractivity contribution is 0.481. The first-order valence-corrected chi connectivity index (χ1v) is 6.74. The van der Waals surface area contributed by atoms with Gasteiger partial charge < -0.3 is 10.2 Å². The van der Waals surface area contributed by atoms with Crippen LogP contribution in [0.5, 0.6) is 0 Å². The molecule has 2 aliphatic rings. The van der Waals surface area contributed by atoms with Crippen molar-refractivity contribution in [3.63, 3.8) is 0 Å². The van der Waals surface area contributed by atoms with Gasteiger partial charge in [-0.05, 0) is 44.4 Å². The quantitative estimate of drug-likeness (QED) is 0.857. The SMILES string of the molecule is N#Cc1ccnc(N2CCCC2C2CCCN2)c1. The van der Waals surface area contributed by atoms with Gasteiger partial charge in [-0.2, -0.15) is 5.26 Å². The maximum atomic E-state index is 8.97. The van der Waals surface area contributed by atoms with Crippen LogP contribution in [0.1, 0.15) is 31.2 Å². The van der Waals surface area contributed by atoms with E-state index in [0.717, 1.165) is 18.9 Å². The van der Waals surface area contributed by atoms with Gasteiger partial charge in [-0.1, -0.05) is 0 Å². The van der Waals surface area contributed by atoms with Crippen LogP contribution in [0.15, 0.2) is 18.3 Å². The van der Waals surface area contributed by atoms with Crippen molar-refractivity contribution in [1.82, 2.24) is 10.3 Å². The standard InChI is InChI=1S/C14H18N4/c15-10-11-5-7-17-14(9-11)18-8-2-4-13(18)12-3-1-6-16-12/h5,7,9,12-13,16H,1-4,6,8H2. The molecule has 0 amide bonds. The molecular formula is C14H18N4. The van der Waals surface area contributed by atoms with Crippen LogP contribution in [0.3, 0.4) is 0 Å². The molecule has 2 atom stereocenters. The van der Waals surface area contributed by atoms with Crippen LogP contribution in [-0.2, 0) is 0 Å². The molecule has 0 bridgehead atoms. The fourth-order valence-electron chi connectivity index (χ4n) is 3.18. The second-order valence-electron chi connectivity index (χ2n) is 5.12. The zero-order valence-corrected chi connectivity index (χ0v) is 10.5. The normalized spacial score (nSPS) is 27.4. The van der Waals surface area contributed by atoms with Gasteiger partial charge in [0.25, 0.3) is 0 Å². The number of anilines is 1. The molecule has 0 saturated carbocycles. The number of nitrogens with one attached hydrogen (secondary N) is 1. The predicted octanol–water partition coefficient (Wildman–Crippen LogP) is 1.67. The number of nitrogens with zero attached hydrogens (tertiary/aromatic N) is 3. The van der Waals surface area contributed by atoms with Crippen LogP contribution < -0.4 is 10.2 Å². The molecule has 18 heavy (non-hydrogen) atoms. The summed E-state index contributed by atoms with van der Waals surface area (Å²) in [4.78, 5) is 6.82. The van der Waals surface area contributed by atoms with Crippen molar-refractivity contribution in [2.24, 2.45) is 0 Å². The van der Waals surface area contributed by atoms with E-state index in [1.807, 2.05) is 6.07 Å². The molecule has 2 aliphatic heterocycles. The average molecular weight is 242 g/mol. The zero-order chi connectivity index (χ0) is 12.4. The summed E-state index contributed by atoms with van der Waals surface area (Å²) in [6, 6.07) is 7.02. The summed E-state index contributed by atoms with van der Waals surface area (Å²) < 4.78 is 0. The third-order valence-electron chi connectivity index (χ3n) is 4.03. The van der Waals surface area contributed by atoms with Gasteiger partial charge in [0.2, 0.25) is 0 Å². The summed E-state index contributed by atoms with van der Waals surface area (Å²) in [5, 5.41) is 12.6. The van der Waals surface area contributed by atoms with Gasteiger partial charge in [0.15, 0.2) is 0 Å². The summed E-state index contributed by atoms with van der Waals surface area (Å²) >= 11 is 0. The number of rotatable bonds is 2. The summed E-state index contributed by atoms with van der Waals surface area (Å²) in [7, 11) is 0. The number of aromatic nitrogens is 1. The Morgan fingerprint density at radius 1 is 1.39 bits per heavy atom. The number of pyridine rings is 1. The predicted molar refractivity (Wildman–Crippen MR) is 70.3 cm³/mol. The molecular weight excluding hydrogens is 224 g/mol. The molecule has 1 N–H and O–H groups in total. The van der Waals surface area contributed by atoms with E-state index in [0.29, 0.717) is 17.6 Å². The molecule has 2 fully saturated rings. The highest BCUT2D eigenvalue weighted by Gasteiger charge is 2.33. The minimum Gasteiger partial charge on any atom is -0.352 e. The topological polar surface area (TPSA) is 52.0 Å². The molecule has 3 heterocycles. The van der Waals surface area contributed by atoms with E-state index in [9.17, 15) is 0 Å². The van der Waals surface area contributed by atoms with Crippen molar-refractivity contribution < 1.29 is 0 Å².